The number of benzene rings is 2. The number of fused-ring (bicyclic) bond motifs is 3. The van der Waals surface area contributed by atoms with Crippen LogP contribution in [0.3, 0.4) is 0 Å². The van der Waals surface area contributed by atoms with Crippen molar-refractivity contribution in [2.24, 2.45) is 5.73 Å². The summed E-state index contributed by atoms with van der Waals surface area (Å²) in [5.41, 5.74) is 8.74. The van der Waals surface area contributed by atoms with Gasteiger partial charge in [0.05, 0.1) is 21.8 Å². The number of hydrogen-bond donors (Lipinski definition) is 1. The molecule has 1 aliphatic rings. The molecule has 7 nitrogen and oxygen atoms in total. The molecule has 8 heteroatoms. The molecule has 0 bridgehead atoms. The minimum Gasteiger partial charge on any atom is -0.366 e. The van der Waals surface area contributed by atoms with Crippen molar-refractivity contribution in [3.8, 4) is 0 Å². The van der Waals surface area contributed by atoms with Gasteiger partial charge in [-0.3, -0.25) is 9.59 Å². The number of amides is 2. The van der Waals surface area contributed by atoms with Crippen molar-refractivity contribution in [2.75, 3.05) is 13.1 Å². The average Bonchev–Trinajstić information content (AvgIpc) is 3.59. The number of aromatic nitrogens is 1. The Morgan fingerprint density at radius 1 is 1.15 bits per heavy atom. The molecule has 1 fully saturated rings. The Morgan fingerprint density at radius 3 is 2.41 bits per heavy atom. The lowest BCUT2D eigenvalue weighted by Gasteiger charge is -2.20. The molecule has 0 saturated heterocycles. The van der Waals surface area contributed by atoms with E-state index in [9.17, 15) is 18.0 Å². The normalized spacial score (nSPS) is 14.0. The molecule has 4 rings (SSSR count). The first kappa shape index (κ1) is 24.0. The molecule has 0 spiro atoms. The maximum Gasteiger partial charge on any atom is 0.253 e. The van der Waals surface area contributed by atoms with Crippen LogP contribution < -0.4 is 5.73 Å². The number of rotatable bonds is 9. The molecular formula is C26H31N3O4S. The third-order valence-corrected chi connectivity index (χ3v) is 8.46. The van der Waals surface area contributed by atoms with Crippen LogP contribution in [0, 0.1) is 0 Å². The third-order valence-electron chi connectivity index (χ3n) is 6.26. The molecule has 180 valence electrons. The van der Waals surface area contributed by atoms with Crippen molar-refractivity contribution in [1.82, 2.24) is 8.87 Å². The van der Waals surface area contributed by atoms with Gasteiger partial charge in [-0.1, -0.05) is 25.1 Å². The zero-order valence-corrected chi connectivity index (χ0v) is 20.7. The summed E-state index contributed by atoms with van der Waals surface area (Å²) in [6.45, 7) is 11.0. The Labute approximate surface area is 200 Å². The van der Waals surface area contributed by atoms with Crippen molar-refractivity contribution in [3.63, 3.8) is 0 Å². The van der Waals surface area contributed by atoms with Crippen LogP contribution in [0.15, 0.2) is 42.5 Å². The highest BCUT2D eigenvalue weighted by molar-refractivity contribution is 7.91. The number of hydrogen-bond acceptors (Lipinski definition) is 4. The van der Waals surface area contributed by atoms with Crippen LogP contribution in [0.1, 0.15) is 66.3 Å². The maximum atomic E-state index is 13.6. The van der Waals surface area contributed by atoms with Gasteiger partial charge in [-0.25, -0.2) is 12.4 Å². The van der Waals surface area contributed by atoms with E-state index in [1.807, 2.05) is 26.8 Å². The second-order valence-electron chi connectivity index (χ2n) is 9.16. The maximum absolute atomic E-state index is 13.6. The number of primary amides is 1. The molecule has 2 aromatic carbocycles. The highest BCUT2D eigenvalue weighted by atomic mass is 32.2. The molecule has 1 aliphatic carbocycles. The summed E-state index contributed by atoms with van der Waals surface area (Å²) in [4.78, 5) is 27.4. The largest absolute Gasteiger partial charge is 0.366 e. The van der Waals surface area contributed by atoms with Gasteiger partial charge in [-0.2, -0.15) is 0 Å². The number of carbonyl (C=O) groups excluding carboxylic acids is 2. The van der Waals surface area contributed by atoms with Crippen LogP contribution in [0.5, 0.6) is 0 Å². The second kappa shape index (κ2) is 8.91. The van der Waals surface area contributed by atoms with E-state index < -0.39 is 21.2 Å². The van der Waals surface area contributed by atoms with Crippen LogP contribution in [-0.2, 0) is 16.4 Å². The predicted molar refractivity (Wildman–Crippen MR) is 136 cm³/mol. The van der Waals surface area contributed by atoms with E-state index in [-0.39, 0.29) is 17.0 Å². The average molecular weight is 482 g/mol. The quantitative estimate of drug-likeness (QED) is 0.462. The standard InChI is InChI=1S/C26H31N3O4S/c1-5-11-28(6-2)26(31)18-7-10-20-21-13-17(12-16(3)4)14-22(25(27)30)24(21)29(23(20)15-18)34(32,33)19-8-9-19/h7,10,13-15,19H,3,5-6,8-9,11-12H2,1-2,4H3,(H2,27,30). The first-order chi connectivity index (χ1) is 16.1. The number of nitrogens with two attached hydrogens (primary N) is 1. The first-order valence-electron chi connectivity index (χ1n) is 11.7. The molecular weight excluding hydrogens is 450 g/mol. The highest BCUT2D eigenvalue weighted by Gasteiger charge is 2.39. The lowest BCUT2D eigenvalue weighted by Crippen LogP contribution is -2.31. The highest BCUT2D eigenvalue weighted by Crippen LogP contribution is 2.39. The summed E-state index contributed by atoms with van der Waals surface area (Å²) in [6, 6.07) is 8.70. The summed E-state index contributed by atoms with van der Waals surface area (Å²) in [5, 5.41) is 0.792. The zero-order valence-electron chi connectivity index (χ0n) is 19.9. The van der Waals surface area contributed by atoms with Crippen LogP contribution in [0.25, 0.3) is 21.8 Å². The van der Waals surface area contributed by atoms with E-state index >= 15 is 0 Å². The SMILES string of the molecule is C=C(C)Cc1cc(C(N)=O)c2c(c1)c1ccc(C(=O)N(CC)CCC)cc1n2S(=O)(=O)C1CC1. The van der Waals surface area contributed by atoms with E-state index in [1.54, 1.807) is 29.2 Å². The Bertz CT molecular complexity index is 1430. The predicted octanol–water partition coefficient (Wildman–Crippen LogP) is 4.22. The molecule has 2 N–H and O–H groups in total. The Balaban J connectivity index is 2.08. The fraction of sp³-hybridized carbons (Fsp3) is 0.385. The van der Waals surface area contributed by atoms with Crippen molar-refractivity contribution in [3.05, 3.63) is 59.2 Å². The van der Waals surface area contributed by atoms with E-state index in [0.29, 0.717) is 54.2 Å². The number of allylic oxidation sites excluding steroid dienone is 1. The molecule has 0 atom stereocenters. The van der Waals surface area contributed by atoms with Crippen LogP contribution in [0.4, 0.5) is 0 Å². The fourth-order valence-corrected chi connectivity index (χ4v) is 6.48. The lowest BCUT2D eigenvalue weighted by atomic mass is 9.99. The first-order valence-corrected chi connectivity index (χ1v) is 13.2. The van der Waals surface area contributed by atoms with Crippen molar-refractivity contribution >= 4 is 43.6 Å². The van der Waals surface area contributed by atoms with Gasteiger partial charge in [0.2, 0.25) is 10.0 Å². The van der Waals surface area contributed by atoms with Gasteiger partial charge in [0.25, 0.3) is 11.8 Å². The topological polar surface area (TPSA) is 102 Å². The van der Waals surface area contributed by atoms with Gasteiger partial charge in [-0.15, -0.1) is 0 Å². The smallest absolute Gasteiger partial charge is 0.253 e. The van der Waals surface area contributed by atoms with Crippen LogP contribution >= 0.6 is 0 Å². The van der Waals surface area contributed by atoms with Gasteiger partial charge >= 0.3 is 0 Å². The van der Waals surface area contributed by atoms with Gasteiger partial charge in [0.15, 0.2) is 0 Å². The van der Waals surface area contributed by atoms with Gasteiger partial charge in [-0.05, 0) is 69.4 Å². The summed E-state index contributed by atoms with van der Waals surface area (Å²) in [6.07, 6.45) is 2.51. The lowest BCUT2D eigenvalue weighted by molar-refractivity contribution is 0.0764. The van der Waals surface area contributed by atoms with E-state index in [4.69, 9.17) is 5.73 Å². The number of nitrogens with zero attached hydrogens (tertiary/aromatic N) is 2. The van der Waals surface area contributed by atoms with E-state index in [1.165, 1.54) is 3.97 Å². The van der Waals surface area contributed by atoms with Crippen LogP contribution in [0.2, 0.25) is 0 Å². The zero-order chi connectivity index (χ0) is 24.8. The van der Waals surface area contributed by atoms with Gasteiger partial charge in [0.1, 0.15) is 0 Å². The molecule has 0 unspecified atom stereocenters. The van der Waals surface area contributed by atoms with Crippen molar-refractivity contribution in [1.29, 1.82) is 0 Å². The molecule has 3 aromatic rings. The van der Waals surface area contributed by atoms with Crippen LogP contribution in [-0.4, -0.2) is 47.4 Å². The minimum absolute atomic E-state index is 0.148. The van der Waals surface area contributed by atoms with E-state index in [0.717, 1.165) is 17.6 Å². The summed E-state index contributed by atoms with van der Waals surface area (Å²) in [7, 11) is -3.78. The Hall–Kier alpha value is -3.13. The molecule has 34 heavy (non-hydrogen) atoms. The Kier molecular flexibility index (Phi) is 6.29. The Morgan fingerprint density at radius 2 is 1.85 bits per heavy atom. The fourth-order valence-electron chi connectivity index (χ4n) is 4.57. The molecule has 1 saturated carbocycles. The minimum atomic E-state index is -3.78. The monoisotopic (exact) mass is 481 g/mol. The molecule has 0 radical (unpaired) electrons. The molecule has 1 heterocycles. The van der Waals surface area contributed by atoms with Crippen molar-refractivity contribution < 1.29 is 18.0 Å². The summed E-state index contributed by atoms with van der Waals surface area (Å²) >= 11 is 0. The van der Waals surface area contributed by atoms with E-state index in [2.05, 4.69) is 6.58 Å². The third kappa shape index (κ3) is 4.11. The van der Waals surface area contributed by atoms with Crippen molar-refractivity contribution in [2.45, 2.75) is 51.7 Å². The summed E-state index contributed by atoms with van der Waals surface area (Å²) < 4.78 is 28.4. The summed E-state index contributed by atoms with van der Waals surface area (Å²) in [5.74, 6) is -0.843. The second-order valence-corrected chi connectivity index (χ2v) is 11.2. The number of carbonyl (C=O) groups is 2. The van der Waals surface area contributed by atoms with Gasteiger partial charge in [0, 0.05) is 29.4 Å². The molecule has 2 amide bonds. The molecule has 1 aromatic heterocycles. The molecule has 0 aliphatic heterocycles. The van der Waals surface area contributed by atoms with Gasteiger partial charge < -0.3 is 10.6 Å².